The Labute approximate surface area is 110 Å². The summed E-state index contributed by atoms with van der Waals surface area (Å²) in [6.45, 7) is 4.10. The number of rotatable bonds is 2. The van der Waals surface area contributed by atoms with E-state index >= 15 is 0 Å². The van der Waals surface area contributed by atoms with Gasteiger partial charge < -0.3 is 15.0 Å². The molecule has 0 atom stereocenters. The van der Waals surface area contributed by atoms with Gasteiger partial charge in [-0.2, -0.15) is 0 Å². The van der Waals surface area contributed by atoms with Crippen LogP contribution in [0.4, 0.5) is 4.79 Å². The van der Waals surface area contributed by atoms with E-state index in [-0.39, 0.29) is 12.1 Å². The van der Waals surface area contributed by atoms with E-state index < -0.39 is 6.09 Å². The molecule has 1 amide bonds. The highest BCUT2D eigenvalue weighted by molar-refractivity contribution is 5.83. The lowest BCUT2D eigenvalue weighted by atomic mass is 10.1. The van der Waals surface area contributed by atoms with Crippen LogP contribution in [0.5, 0.6) is 0 Å². The zero-order valence-corrected chi connectivity index (χ0v) is 11.2. The maximum atomic E-state index is 11.9. The van der Waals surface area contributed by atoms with Crippen molar-refractivity contribution in [1.82, 2.24) is 10.3 Å². The van der Waals surface area contributed by atoms with Gasteiger partial charge in [0.25, 0.3) is 5.56 Å². The highest BCUT2D eigenvalue weighted by Gasteiger charge is 2.07. The molecule has 0 spiro atoms. The SMILES string of the molecule is COC(=O)NCc1cc2cc(C)cc(C)c2[nH]c1=O. The van der Waals surface area contributed by atoms with Gasteiger partial charge in [0, 0.05) is 5.56 Å². The highest BCUT2D eigenvalue weighted by Crippen LogP contribution is 2.17. The number of carbonyl (C=O) groups is 1. The molecule has 0 aliphatic rings. The van der Waals surface area contributed by atoms with Crippen molar-refractivity contribution in [2.75, 3.05) is 7.11 Å². The summed E-state index contributed by atoms with van der Waals surface area (Å²) < 4.78 is 4.48. The Morgan fingerprint density at radius 3 is 2.74 bits per heavy atom. The molecule has 0 saturated carbocycles. The molecule has 1 aromatic heterocycles. The summed E-state index contributed by atoms with van der Waals surface area (Å²) in [6, 6.07) is 5.81. The molecule has 0 saturated heterocycles. The number of aromatic amines is 1. The van der Waals surface area contributed by atoms with Crippen molar-refractivity contribution in [1.29, 1.82) is 0 Å². The van der Waals surface area contributed by atoms with Crippen LogP contribution in [-0.2, 0) is 11.3 Å². The largest absolute Gasteiger partial charge is 0.453 e. The lowest BCUT2D eigenvalue weighted by Crippen LogP contribution is -2.26. The average Bonchev–Trinajstić information content (AvgIpc) is 2.37. The van der Waals surface area contributed by atoms with E-state index in [1.807, 2.05) is 26.0 Å². The molecular formula is C14H16N2O3. The minimum atomic E-state index is -0.556. The summed E-state index contributed by atoms with van der Waals surface area (Å²) in [7, 11) is 1.28. The number of benzene rings is 1. The molecular weight excluding hydrogens is 244 g/mol. The molecule has 0 fully saturated rings. The molecule has 0 aliphatic heterocycles. The Morgan fingerprint density at radius 1 is 1.32 bits per heavy atom. The van der Waals surface area contributed by atoms with Crippen molar-refractivity contribution in [3.05, 3.63) is 45.2 Å². The maximum absolute atomic E-state index is 11.9. The first kappa shape index (κ1) is 13.1. The lowest BCUT2D eigenvalue weighted by molar-refractivity contribution is 0.170. The predicted octanol–water partition coefficient (Wildman–Crippen LogP) is 2.00. The van der Waals surface area contributed by atoms with Crippen LogP contribution in [0.25, 0.3) is 10.9 Å². The van der Waals surface area contributed by atoms with E-state index in [2.05, 4.69) is 15.0 Å². The minimum Gasteiger partial charge on any atom is -0.453 e. The van der Waals surface area contributed by atoms with E-state index in [9.17, 15) is 9.59 Å². The third-order valence-electron chi connectivity index (χ3n) is 2.98. The van der Waals surface area contributed by atoms with Crippen molar-refractivity contribution >= 4 is 17.0 Å². The van der Waals surface area contributed by atoms with E-state index in [1.165, 1.54) is 7.11 Å². The number of hydrogen-bond donors (Lipinski definition) is 2. The number of methoxy groups -OCH3 is 1. The fraction of sp³-hybridized carbons (Fsp3) is 0.286. The minimum absolute atomic E-state index is 0.144. The number of aryl methyl sites for hydroxylation is 2. The summed E-state index contributed by atoms with van der Waals surface area (Å²) in [5.41, 5.74) is 3.29. The quantitative estimate of drug-likeness (QED) is 0.867. The van der Waals surface area contributed by atoms with Gasteiger partial charge in [-0.25, -0.2) is 4.79 Å². The van der Waals surface area contributed by atoms with Gasteiger partial charge >= 0.3 is 6.09 Å². The molecule has 2 rings (SSSR count). The number of pyridine rings is 1. The summed E-state index contributed by atoms with van der Waals surface area (Å²) in [5, 5.41) is 3.46. The molecule has 2 N–H and O–H groups in total. The first-order valence-corrected chi connectivity index (χ1v) is 5.96. The van der Waals surface area contributed by atoms with Crippen molar-refractivity contribution < 1.29 is 9.53 Å². The van der Waals surface area contributed by atoms with Gasteiger partial charge in [0.1, 0.15) is 0 Å². The van der Waals surface area contributed by atoms with Gasteiger partial charge in [0.15, 0.2) is 0 Å². The van der Waals surface area contributed by atoms with Gasteiger partial charge in [0.05, 0.1) is 19.2 Å². The zero-order chi connectivity index (χ0) is 14.0. The summed E-state index contributed by atoms with van der Waals surface area (Å²) in [5.74, 6) is 0. The molecule has 1 aromatic carbocycles. The Kier molecular flexibility index (Phi) is 3.55. The fourth-order valence-electron chi connectivity index (χ4n) is 2.10. The highest BCUT2D eigenvalue weighted by atomic mass is 16.5. The third-order valence-corrected chi connectivity index (χ3v) is 2.98. The van der Waals surface area contributed by atoms with Gasteiger partial charge in [-0.15, -0.1) is 0 Å². The van der Waals surface area contributed by atoms with Crippen LogP contribution in [0.1, 0.15) is 16.7 Å². The standard InChI is InChI=1S/C14H16N2O3/c1-8-4-9(2)12-10(5-8)6-11(13(17)16-12)7-15-14(18)19-3/h4-6H,7H2,1-3H3,(H,15,18)(H,16,17). The number of ether oxygens (including phenoxy) is 1. The number of carbonyl (C=O) groups excluding carboxylic acids is 1. The normalized spacial score (nSPS) is 10.5. The molecule has 19 heavy (non-hydrogen) atoms. The second-order valence-electron chi connectivity index (χ2n) is 4.51. The van der Waals surface area contributed by atoms with Gasteiger partial charge in [-0.3, -0.25) is 4.79 Å². The number of H-pyrrole nitrogens is 1. The summed E-state index contributed by atoms with van der Waals surface area (Å²) in [6.07, 6.45) is -0.556. The first-order valence-electron chi connectivity index (χ1n) is 5.96. The van der Waals surface area contributed by atoms with E-state index in [0.29, 0.717) is 5.56 Å². The van der Waals surface area contributed by atoms with Crippen LogP contribution in [0, 0.1) is 13.8 Å². The fourth-order valence-corrected chi connectivity index (χ4v) is 2.10. The molecule has 5 nitrogen and oxygen atoms in total. The average molecular weight is 260 g/mol. The van der Waals surface area contributed by atoms with E-state index in [1.54, 1.807) is 6.07 Å². The molecule has 1 heterocycles. The number of fused-ring (bicyclic) bond motifs is 1. The Bertz CT molecular complexity index is 689. The topological polar surface area (TPSA) is 71.2 Å². The summed E-state index contributed by atoms with van der Waals surface area (Å²) in [4.78, 5) is 25.8. The van der Waals surface area contributed by atoms with Crippen molar-refractivity contribution in [2.24, 2.45) is 0 Å². The molecule has 0 radical (unpaired) electrons. The molecule has 0 aliphatic carbocycles. The van der Waals surface area contributed by atoms with Crippen LogP contribution in [-0.4, -0.2) is 18.2 Å². The number of alkyl carbamates (subject to hydrolysis) is 1. The van der Waals surface area contributed by atoms with Gasteiger partial charge in [0.2, 0.25) is 0 Å². The van der Waals surface area contributed by atoms with Crippen LogP contribution in [0.3, 0.4) is 0 Å². The predicted molar refractivity (Wildman–Crippen MR) is 73.3 cm³/mol. The molecule has 0 bridgehead atoms. The Balaban J connectivity index is 2.43. The molecule has 0 unspecified atom stereocenters. The van der Waals surface area contributed by atoms with Crippen LogP contribution in [0.2, 0.25) is 0 Å². The number of nitrogens with one attached hydrogen (secondary N) is 2. The van der Waals surface area contributed by atoms with Crippen molar-refractivity contribution in [3.63, 3.8) is 0 Å². The van der Waals surface area contributed by atoms with Crippen molar-refractivity contribution in [3.8, 4) is 0 Å². The molecule has 100 valence electrons. The molecule has 2 aromatic rings. The zero-order valence-electron chi connectivity index (χ0n) is 11.2. The second-order valence-corrected chi connectivity index (χ2v) is 4.51. The van der Waals surface area contributed by atoms with Gasteiger partial charge in [-0.1, -0.05) is 11.6 Å². The lowest BCUT2D eigenvalue weighted by Gasteiger charge is -2.07. The Hall–Kier alpha value is -2.30. The summed E-state index contributed by atoms with van der Waals surface area (Å²) >= 11 is 0. The number of hydrogen-bond acceptors (Lipinski definition) is 3. The smallest absolute Gasteiger partial charge is 0.407 e. The molecule has 5 heteroatoms. The number of aromatic nitrogens is 1. The van der Waals surface area contributed by atoms with Crippen LogP contribution < -0.4 is 10.9 Å². The van der Waals surface area contributed by atoms with E-state index in [0.717, 1.165) is 22.0 Å². The Morgan fingerprint density at radius 2 is 2.05 bits per heavy atom. The van der Waals surface area contributed by atoms with Crippen molar-refractivity contribution in [2.45, 2.75) is 20.4 Å². The first-order chi connectivity index (χ1) is 9.01. The maximum Gasteiger partial charge on any atom is 0.407 e. The van der Waals surface area contributed by atoms with E-state index in [4.69, 9.17) is 0 Å². The second kappa shape index (κ2) is 5.14. The monoisotopic (exact) mass is 260 g/mol. The third kappa shape index (κ3) is 2.76. The number of amides is 1. The van der Waals surface area contributed by atoms with Gasteiger partial charge in [-0.05, 0) is 36.9 Å². The van der Waals surface area contributed by atoms with Crippen LogP contribution >= 0.6 is 0 Å². The van der Waals surface area contributed by atoms with Crippen LogP contribution in [0.15, 0.2) is 23.0 Å².